The number of hydrogen-bond acceptors (Lipinski definition) is 6. The lowest BCUT2D eigenvalue weighted by Gasteiger charge is -2.12. The van der Waals surface area contributed by atoms with Gasteiger partial charge in [-0.1, -0.05) is 30.3 Å². The minimum Gasteiger partial charge on any atom is -0.494 e. The summed E-state index contributed by atoms with van der Waals surface area (Å²) in [5.74, 6) is 2.10. The summed E-state index contributed by atoms with van der Waals surface area (Å²) in [5.41, 5.74) is 1.64. The van der Waals surface area contributed by atoms with Gasteiger partial charge in [-0.2, -0.15) is 0 Å². The number of methoxy groups -OCH3 is 1. The number of hydrogen-bond donors (Lipinski definition) is 1. The highest BCUT2D eigenvalue weighted by atomic mass is 16.5. The van der Waals surface area contributed by atoms with Crippen LogP contribution in [-0.2, 0) is 11.4 Å². The third-order valence-electron chi connectivity index (χ3n) is 5.16. The summed E-state index contributed by atoms with van der Waals surface area (Å²) < 4.78 is 22.3. The van der Waals surface area contributed by atoms with Gasteiger partial charge in [0.2, 0.25) is 0 Å². The van der Waals surface area contributed by atoms with E-state index in [1.807, 2.05) is 54.6 Å². The van der Waals surface area contributed by atoms with Crippen molar-refractivity contribution in [1.82, 2.24) is 5.32 Å². The fraction of sp³-hybridized carbons (Fsp3) is 0.286. The number of unbranched alkanes of at least 4 members (excludes halogenated alkanes) is 1. The zero-order valence-electron chi connectivity index (χ0n) is 20.1. The normalized spacial score (nSPS) is 10.3. The standard InChI is InChI=1S/C28H31NO6/c1-21(30)23-10-15-26(27(18-23)32-2)35-20-28(31)29-16-6-7-17-33-24-11-13-25(14-12-24)34-19-22-8-4-3-5-9-22/h3-5,8-15,18H,6-7,16-17,19-20H2,1-2H3,(H,29,31). The molecule has 0 aliphatic rings. The average molecular weight is 478 g/mol. The highest BCUT2D eigenvalue weighted by molar-refractivity contribution is 5.94. The third kappa shape index (κ3) is 8.70. The number of carbonyl (C=O) groups excluding carboxylic acids is 2. The Kier molecular flexibility index (Phi) is 9.99. The van der Waals surface area contributed by atoms with Crippen molar-refractivity contribution in [1.29, 1.82) is 0 Å². The van der Waals surface area contributed by atoms with Crippen molar-refractivity contribution in [3.8, 4) is 23.0 Å². The topological polar surface area (TPSA) is 83.1 Å². The van der Waals surface area contributed by atoms with Crippen molar-refractivity contribution >= 4 is 11.7 Å². The van der Waals surface area contributed by atoms with Crippen LogP contribution < -0.4 is 24.3 Å². The van der Waals surface area contributed by atoms with Crippen LogP contribution in [0, 0.1) is 0 Å². The van der Waals surface area contributed by atoms with Gasteiger partial charge in [0.25, 0.3) is 5.91 Å². The molecule has 7 nitrogen and oxygen atoms in total. The molecule has 0 saturated carbocycles. The highest BCUT2D eigenvalue weighted by Gasteiger charge is 2.10. The van der Waals surface area contributed by atoms with Crippen molar-refractivity contribution in [2.45, 2.75) is 26.4 Å². The van der Waals surface area contributed by atoms with Crippen molar-refractivity contribution in [3.63, 3.8) is 0 Å². The number of carbonyl (C=O) groups is 2. The number of ether oxygens (including phenoxy) is 4. The maximum absolute atomic E-state index is 12.0. The molecule has 1 N–H and O–H groups in total. The minimum atomic E-state index is -0.227. The van der Waals surface area contributed by atoms with E-state index >= 15 is 0 Å². The maximum atomic E-state index is 12.0. The Labute approximate surface area is 206 Å². The number of rotatable bonds is 14. The summed E-state index contributed by atoms with van der Waals surface area (Å²) in [6.07, 6.45) is 1.58. The molecule has 35 heavy (non-hydrogen) atoms. The van der Waals surface area contributed by atoms with E-state index in [4.69, 9.17) is 18.9 Å². The van der Waals surface area contributed by atoms with E-state index in [-0.39, 0.29) is 18.3 Å². The first-order valence-electron chi connectivity index (χ1n) is 11.5. The molecule has 0 unspecified atom stereocenters. The molecule has 0 bridgehead atoms. The van der Waals surface area contributed by atoms with Gasteiger partial charge in [0.15, 0.2) is 23.9 Å². The van der Waals surface area contributed by atoms with Crippen molar-refractivity contribution in [2.75, 3.05) is 26.9 Å². The first kappa shape index (κ1) is 25.6. The molecule has 0 aliphatic carbocycles. The minimum absolute atomic E-state index is 0.0681. The summed E-state index contributed by atoms with van der Waals surface area (Å²) >= 11 is 0. The Hall–Kier alpha value is -4.00. The average Bonchev–Trinajstić information content (AvgIpc) is 2.89. The summed E-state index contributed by atoms with van der Waals surface area (Å²) in [6, 6.07) is 22.4. The molecule has 0 fully saturated rings. The number of ketones is 1. The first-order chi connectivity index (χ1) is 17.0. The van der Waals surface area contributed by atoms with Gasteiger partial charge in [-0.05, 0) is 67.8 Å². The third-order valence-corrected chi connectivity index (χ3v) is 5.16. The Morgan fingerprint density at radius 1 is 0.800 bits per heavy atom. The molecule has 3 aromatic rings. The molecule has 7 heteroatoms. The van der Waals surface area contributed by atoms with Gasteiger partial charge in [0.1, 0.15) is 18.1 Å². The van der Waals surface area contributed by atoms with E-state index in [0.717, 1.165) is 29.9 Å². The lowest BCUT2D eigenvalue weighted by Crippen LogP contribution is -2.29. The van der Waals surface area contributed by atoms with E-state index in [0.29, 0.717) is 36.8 Å². The number of nitrogens with one attached hydrogen (secondary N) is 1. The Balaban J connectivity index is 1.27. The lowest BCUT2D eigenvalue weighted by molar-refractivity contribution is -0.123. The fourth-order valence-corrected chi connectivity index (χ4v) is 3.22. The van der Waals surface area contributed by atoms with Crippen LogP contribution in [0.1, 0.15) is 35.7 Å². The molecule has 0 saturated heterocycles. The van der Waals surface area contributed by atoms with E-state index in [2.05, 4.69) is 5.32 Å². The predicted octanol–water partition coefficient (Wildman–Crippen LogP) is 4.83. The van der Waals surface area contributed by atoms with E-state index in [1.54, 1.807) is 18.2 Å². The van der Waals surface area contributed by atoms with Gasteiger partial charge in [-0.15, -0.1) is 0 Å². The van der Waals surface area contributed by atoms with Crippen LogP contribution in [0.25, 0.3) is 0 Å². The molecular weight excluding hydrogens is 446 g/mol. The van der Waals surface area contributed by atoms with Crippen LogP contribution in [0.4, 0.5) is 0 Å². The van der Waals surface area contributed by atoms with Crippen LogP contribution in [0.2, 0.25) is 0 Å². The van der Waals surface area contributed by atoms with Gasteiger partial charge in [-0.25, -0.2) is 0 Å². The summed E-state index contributed by atoms with van der Waals surface area (Å²) in [6.45, 7) is 2.95. The van der Waals surface area contributed by atoms with Crippen LogP contribution in [-0.4, -0.2) is 38.6 Å². The van der Waals surface area contributed by atoms with Crippen molar-refractivity contribution < 1.29 is 28.5 Å². The zero-order valence-corrected chi connectivity index (χ0v) is 20.1. The predicted molar refractivity (Wildman–Crippen MR) is 133 cm³/mol. The van der Waals surface area contributed by atoms with Crippen molar-refractivity contribution in [3.05, 3.63) is 83.9 Å². The zero-order chi connectivity index (χ0) is 24.9. The Morgan fingerprint density at radius 2 is 1.51 bits per heavy atom. The second-order valence-corrected chi connectivity index (χ2v) is 7.86. The first-order valence-corrected chi connectivity index (χ1v) is 11.5. The molecule has 3 rings (SSSR count). The molecule has 0 atom stereocenters. The van der Waals surface area contributed by atoms with E-state index in [9.17, 15) is 9.59 Å². The maximum Gasteiger partial charge on any atom is 0.257 e. The molecule has 1 amide bonds. The number of Topliss-reactive ketones (excluding diaryl/α,β-unsaturated/α-hetero) is 1. The quantitative estimate of drug-likeness (QED) is 0.265. The Bertz CT molecular complexity index is 1080. The van der Waals surface area contributed by atoms with Crippen LogP contribution in [0.5, 0.6) is 23.0 Å². The molecule has 0 heterocycles. The molecule has 0 radical (unpaired) electrons. The van der Waals surface area contributed by atoms with Gasteiger partial charge >= 0.3 is 0 Å². The SMILES string of the molecule is COc1cc(C(C)=O)ccc1OCC(=O)NCCCCOc1ccc(OCc2ccccc2)cc1. The largest absolute Gasteiger partial charge is 0.494 e. The molecule has 0 aliphatic heterocycles. The second kappa shape index (κ2) is 13.6. The summed E-state index contributed by atoms with van der Waals surface area (Å²) in [4.78, 5) is 23.5. The molecule has 3 aromatic carbocycles. The van der Waals surface area contributed by atoms with Crippen LogP contribution >= 0.6 is 0 Å². The van der Waals surface area contributed by atoms with Gasteiger partial charge in [0, 0.05) is 12.1 Å². The number of amides is 1. The summed E-state index contributed by atoms with van der Waals surface area (Å²) in [5, 5.41) is 2.82. The summed E-state index contributed by atoms with van der Waals surface area (Å²) in [7, 11) is 1.49. The Morgan fingerprint density at radius 3 is 2.20 bits per heavy atom. The highest BCUT2D eigenvalue weighted by Crippen LogP contribution is 2.28. The smallest absolute Gasteiger partial charge is 0.257 e. The molecule has 0 spiro atoms. The fourth-order valence-electron chi connectivity index (χ4n) is 3.22. The van der Waals surface area contributed by atoms with Gasteiger partial charge in [-0.3, -0.25) is 9.59 Å². The van der Waals surface area contributed by atoms with Gasteiger partial charge < -0.3 is 24.3 Å². The molecule has 0 aromatic heterocycles. The monoisotopic (exact) mass is 477 g/mol. The van der Waals surface area contributed by atoms with Gasteiger partial charge in [0.05, 0.1) is 13.7 Å². The van der Waals surface area contributed by atoms with E-state index < -0.39 is 0 Å². The molecular formula is C28H31NO6. The van der Waals surface area contributed by atoms with E-state index in [1.165, 1.54) is 14.0 Å². The number of benzene rings is 3. The van der Waals surface area contributed by atoms with Crippen molar-refractivity contribution in [2.24, 2.45) is 0 Å². The van der Waals surface area contributed by atoms with Crippen LogP contribution in [0.15, 0.2) is 72.8 Å². The molecule has 184 valence electrons. The van der Waals surface area contributed by atoms with Crippen LogP contribution in [0.3, 0.4) is 0 Å². The lowest BCUT2D eigenvalue weighted by atomic mass is 10.1. The second-order valence-electron chi connectivity index (χ2n) is 7.86.